The van der Waals surface area contributed by atoms with Crippen molar-refractivity contribution in [1.29, 1.82) is 0 Å². The number of para-hydroxylation sites is 1. The number of ether oxygens (including phenoxy) is 2. The van der Waals surface area contributed by atoms with Crippen molar-refractivity contribution in [2.75, 3.05) is 32.8 Å². The van der Waals surface area contributed by atoms with Crippen LogP contribution in [-0.4, -0.2) is 32.8 Å². The minimum atomic E-state index is -0.257. The molecule has 6 heteroatoms. The molecule has 3 aromatic carbocycles. The first kappa shape index (κ1) is 25.5. The van der Waals surface area contributed by atoms with Gasteiger partial charge in [-0.05, 0) is 42.3 Å². The zero-order valence-corrected chi connectivity index (χ0v) is 21.1. The van der Waals surface area contributed by atoms with Gasteiger partial charge in [0.15, 0.2) is 5.76 Å². The summed E-state index contributed by atoms with van der Waals surface area (Å²) in [6.45, 7) is 6.35. The van der Waals surface area contributed by atoms with Gasteiger partial charge in [0.2, 0.25) is 0 Å². The van der Waals surface area contributed by atoms with Crippen molar-refractivity contribution in [2.45, 2.75) is 12.8 Å². The Morgan fingerprint density at radius 3 is 2.37 bits per heavy atom. The molecule has 2 aliphatic rings. The first-order valence-electron chi connectivity index (χ1n) is 11.7. The second-order valence-corrected chi connectivity index (χ2v) is 9.24. The smallest absolute Gasteiger partial charge is 0.153 e. The van der Waals surface area contributed by atoms with E-state index in [1.807, 2.05) is 42.5 Å². The maximum atomic E-state index is 13.8. The number of quaternary nitrogens is 1. The van der Waals surface area contributed by atoms with Gasteiger partial charge in [-0.15, -0.1) is 0 Å². The van der Waals surface area contributed by atoms with E-state index in [9.17, 15) is 4.39 Å². The fourth-order valence-electron chi connectivity index (χ4n) is 4.62. The summed E-state index contributed by atoms with van der Waals surface area (Å²) < 4.78 is 25.9. The van der Waals surface area contributed by atoms with Crippen molar-refractivity contribution in [2.24, 2.45) is 0 Å². The number of hydrogen-bond donors (Lipinski definition) is 1. The molecule has 1 N–H and O–H groups in total. The van der Waals surface area contributed by atoms with Gasteiger partial charge in [-0.2, -0.15) is 0 Å². The number of aryl methyl sites for hydroxylation is 1. The van der Waals surface area contributed by atoms with E-state index in [-0.39, 0.29) is 24.1 Å². The number of rotatable bonds is 4. The molecule has 0 aromatic heterocycles. The number of morpholine rings is 1. The molecular weight excluding hydrogens is 484 g/mol. The van der Waals surface area contributed by atoms with E-state index < -0.39 is 0 Å². The first-order chi connectivity index (χ1) is 16.6. The van der Waals surface area contributed by atoms with E-state index in [1.54, 1.807) is 0 Å². The summed E-state index contributed by atoms with van der Waals surface area (Å²) >= 11 is 7.19. The minimum Gasteiger partial charge on any atom is -1.00 e. The van der Waals surface area contributed by atoms with E-state index in [2.05, 4.69) is 31.2 Å². The van der Waals surface area contributed by atoms with Crippen LogP contribution in [0.15, 0.2) is 89.5 Å². The quantitative estimate of drug-likeness (QED) is 0.579. The van der Waals surface area contributed by atoms with Crippen LogP contribution >= 0.6 is 11.6 Å². The summed E-state index contributed by atoms with van der Waals surface area (Å²) in [5.74, 6) is 0.967. The van der Waals surface area contributed by atoms with Gasteiger partial charge in [0, 0.05) is 17.0 Å². The van der Waals surface area contributed by atoms with Crippen LogP contribution < -0.4 is 22.0 Å². The van der Waals surface area contributed by atoms with Crippen LogP contribution in [0.5, 0.6) is 5.75 Å². The predicted octanol–water partition coefficient (Wildman–Crippen LogP) is 2.11. The number of nitrogens with one attached hydrogen (secondary N) is 1. The summed E-state index contributed by atoms with van der Waals surface area (Å²) in [5, 5.41) is 0.585. The average molecular weight is 512 g/mol. The van der Waals surface area contributed by atoms with Crippen molar-refractivity contribution in [3.8, 4) is 5.75 Å². The summed E-state index contributed by atoms with van der Waals surface area (Å²) in [6.07, 6.45) is 2.23. The van der Waals surface area contributed by atoms with Gasteiger partial charge in [-0.3, -0.25) is 0 Å². The second-order valence-electron chi connectivity index (χ2n) is 8.86. The van der Waals surface area contributed by atoms with Crippen LogP contribution in [-0.2, 0) is 4.74 Å². The molecule has 0 radical (unpaired) electrons. The maximum Gasteiger partial charge on any atom is 0.153 e. The van der Waals surface area contributed by atoms with E-state index in [0.717, 1.165) is 60.9 Å². The van der Waals surface area contributed by atoms with Crippen LogP contribution in [0.3, 0.4) is 0 Å². The lowest BCUT2D eigenvalue weighted by atomic mass is 9.83. The lowest BCUT2D eigenvalue weighted by Crippen LogP contribution is -3.13. The molecule has 3 aromatic rings. The van der Waals surface area contributed by atoms with E-state index in [4.69, 9.17) is 21.1 Å². The molecule has 0 bridgehead atoms. The van der Waals surface area contributed by atoms with Gasteiger partial charge >= 0.3 is 0 Å². The van der Waals surface area contributed by atoms with Gasteiger partial charge in [0.1, 0.15) is 24.7 Å². The molecular formula is C29H28Cl2FNO2. The van der Waals surface area contributed by atoms with Crippen molar-refractivity contribution in [1.82, 2.24) is 0 Å². The summed E-state index contributed by atoms with van der Waals surface area (Å²) in [4.78, 5) is 1.46. The van der Waals surface area contributed by atoms with Crippen LogP contribution in [0.4, 0.5) is 4.39 Å². The Kier molecular flexibility index (Phi) is 8.30. The Bertz CT molecular complexity index is 1220. The third-order valence-corrected chi connectivity index (χ3v) is 6.92. The highest BCUT2D eigenvalue weighted by atomic mass is 35.5. The van der Waals surface area contributed by atoms with Crippen LogP contribution in [0, 0.1) is 12.7 Å². The van der Waals surface area contributed by atoms with Crippen LogP contribution in [0.2, 0.25) is 0 Å². The molecule has 1 atom stereocenters. The molecule has 3 nitrogen and oxygen atoms in total. The Labute approximate surface area is 217 Å². The van der Waals surface area contributed by atoms with Gasteiger partial charge in [0.25, 0.3) is 0 Å². The van der Waals surface area contributed by atoms with Crippen molar-refractivity contribution < 1.29 is 31.2 Å². The lowest BCUT2D eigenvalue weighted by molar-refractivity contribution is -0.902. The Morgan fingerprint density at radius 2 is 1.66 bits per heavy atom. The number of fused-ring (bicyclic) bond motifs is 1. The molecule has 35 heavy (non-hydrogen) atoms. The van der Waals surface area contributed by atoms with E-state index in [0.29, 0.717) is 10.8 Å². The van der Waals surface area contributed by atoms with Gasteiger partial charge in [-0.1, -0.05) is 71.8 Å². The van der Waals surface area contributed by atoms with Crippen molar-refractivity contribution in [3.63, 3.8) is 0 Å². The molecule has 182 valence electrons. The zero-order chi connectivity index (χ0) is 23.5. The SMILES string of the molecule is Cc1ccc(C2=C(Cl)/C(=C\C[NH+]3CCOCC3)C(c3ccc(F)cc3)c3ccccc3O2)cc1.[Cl-]. The normalized spacial score (nSPS) is 19.5. The topological polar surface area (TPSA) is 22.9 Å². The maximum absolute atomic E-state index is 13.8. The van der Waals surface area contributed by atoms with Gasteiger partial charge in [-0.25, -0.2) is 4.39 Å². The van der Waals surface area contributed by atoms with E-state index in [1.165, 1.54) is 22.6 Å². The molecule has 2 aliphatic heterocycles. The monoisotopic (exact) mass is 511 g/mol. The lowest BCUT2D eigenvalue weighted by Gasteiger charge is -2.24. The standard InChI is InChI=1S/C29H27ClFNO2.ClH/c1-20-6-8-22(9-7-20)29-28(30)25(14-15-32-16-18-33-19-17-32)27(21-10-12-23(31)13-11-21)24-4-2-3-5-26(24)34-29;/h2-14,27H,15-19H2,1H3;1H/b25-14-;. The zero-order valence-electron chi connectivity index (χ0n) is 19.6. The molecule has 1 saturated heterocycles. The van der Waals surface area contributed by atoms with Crippen molar-refractivity contribution >= 4 is 17.4 Å². The van der Waals surface area contributed by atoms with Gasteiger partial charge in [0.05, 0.1) is 24.8 Å². The third-order valence-electron chi connectivity index (χ3n) is 6.53. The molecule has 2 heterocycles. The fraction of sp³-hybridized carbons (Fsp3) is 0.241. The first-order valence-corrected chi connectivity index (χ1v) is 12.1. The molecule has 1 unspecified atom stereocenters. The third kappa shape index (κ3) is 5.62. The number of allylic oxidation sites excluding steroid dienone is 2. The van der Waals surface area contributed by atoms with Gasteiger partial charge < -0.3 is 26.8 Å². The fourth-order valence-corrected chi connectivity index (χ4v) is 4.96. The number of halogens is 3. The average Bonchev–Trinajstić information content (AvgIpc) is 2.99. The molecule has 1 fully saturated rings. The van der Waals surface area contributed by atoms with E-state index >= 15 is 0 Å². The molecule has 0 amide bonds. The number of hydrogen-bond acceptors (Lipinski definition) is 2. The molecule has 0 saturated carbocycles. The highest BCUT2D eigenvalue weighted by Crippen LogP contribution is 2.47. The highest BCUT2D eigenvalue weighted by Gasteiger charge is 2.31. The molecule has 5 rings (SSSR count). The minimum absolute atomic E-state index is 0. The summed E-state index contributed by atoms with van der Waals surface area (Å²) in [7, 11) is 0. The Hall–Kier alpha value is -2.63. The van der Waals surface area contributed by atoms with Crippen LogP contribution in [0.25, 0.3) is 5.76 Å². The van der Waals surface area contributed by atoms with Crippen LogP contribution in [0.1, 0.15) is 28.2 Å². The predicted molar refractivity (Wildman–Crippen MR) is 134 cm³/mol. The summed E-state index contributed by atoms with van der Waals surface area (Å²) in [6, 6.07) is 22.9. The summed E-state index contributed by atoms with van der Waals surface area (Å²) in [5.41, 5.74) is 5.06. The molecule has 0 spiro atoms. The Balaban J connectivity index is 0.00000289. The van der Waals surface area contributed by atoms with Crippen molar-refractivity contribution in [3.05, 3.63) is 118 Å². The largest absolute Gasteiger partial charge is 1.00 e. The number of benzene rings is 3. The molecule has 0 aliphatic carbocycles. The Morgan fingerprint density at radius 1 is 0.971 bits per heavy atom. The highest BCUT2D eigenvalue weighted by molar-refractivity contribution is 6.35. The second kappa shape index (κ2) is 11.4.